The first-order chi connectivity index (χ1) is 17.0. The van der Waals surface area contributed by atoms with Gasteiger partial charge in [-0.15, -0.1) is 5.10 Å². The first-order valence-corrected chi connectivity index (χ1v) is 10.3. The number of para-hydroxylation sites is 1. The van der Waals surface area contributed by atoms with E-state index in [-0.39, 0.29) is 17.8 Å². The molecule has 180 valence electrons. The molecule has 0 aliphatic carbocycles. The molecule has 0 spiro atoms. The number of hydrogen-bond donors (Lipinski definition) is 3. The second kappa shape index (κ2) is 10.7. The quantitative estimate of drug-likeness (QED) is 0.405. The molecule has 4 rings (SSSR count). The number of anilines is 2. The predicted octanol–water partition coefficient (Wildman–Crippen LogP) is 0.588. The molecule has 4 amide bonds. The van der Waals surface area contributed by atoms with Gasteiger partial charge in [0, 0.05) is 11.8 Å². The Morgan fingerprint density at radius 3 is 2.57 bits per heavy atom. The number of nitrogens with one attached hydrogen (secondary N) is 3. The van der Waals surface area contributed by atoms with Crippen molar-refractivity contribution in [3.63, 3.8) is 0 Å². The lowest BCUT2D eigenvalue weighted by molar-refractivity contribution is -0.123. The van der Waals surface area contributed by atoms with Crippen molar-refractivity contribution < 1.29 is 33.4 Å². The molecule has 0 saturated carbocycles. The smallest absolute Gasteiger partial charge is 0.340 e. The number of fused-ring (bicyclic) bond motifs is 1. The van der Waals surface area contributed by atoms with Crippen molar-refractivity contribution in [1.29, 1.82) is 0 Å². The maximum absolute atomic E-state index is 12.5. The van der Waals surface area contributed by atoms with Gasteiger partial charge < -0.3 is 24.8 Å². The van der Waals surface area contributed by atoms with Gasteiger partial charge in [-0.05, 0) is 34.7 Å². The average Bonchev–Trinajstić information content (AvgIpc) is 3.35. The number of urea groups is 1. The number of carbonyl (C=O) groups excluding carboxylic acids is 4. The topological polar surface area (TPSA) is 176 Å². The van der Waals surface area contributed by atoms with E-state index in [4.69, 9.17) is 14.2 Å². The fourth-order valence-electron chi connectivity index (χ4n) is 3.01. The van der Waals surface area contributed by atoms with Crippen molar-refractivity contribution in [2.75, 3.05) is 30.5 Å². The van der Waals surface area contributed by atoms with Crippen LogP contribution in [0.5, 0.6) is 11.5 Å². The van der Waals surface area contributed by atoms with Gasteiger partial charge in [0.1, 0.15) is 26.1 Å². The Morgan fingerprint density at radius 2 is 1.77 bits per heavy atom. The molecule has 0 saturated heterocycles. The van der Waals surface area contributed by atoms with Crippen molar-refractivity contribution in [2.24, 2.45) is 0 Å². The highest BCUT2D eigenvalue weighted by Gasteiger charge is 2.18. The predicted molar refractivity (Wildman–Crippen MR) is 118 cm³/mol. The first-order valence-electron chi connectivity index (χ1n) is 10.3. The Kier molecular flexibility index (Phi) is 7.11. The van der Waals surface area contributed by atoms with Crippen molar-refractivity contribution in [3.8, 4) is 11.5 Å². The standard InChI is InChI=1S/C21H19N7O7/c29-18(10-28-12-22-26-27-28)24-15-4-2-1-3-14(15)20(31)35-11-19(30)25-21(32)23-13-5-6-16-17(9-13)34-8-7-33-16/h1-6,9,12H,7-8,10-11H2,(H,24,29)(H2,23,25,30,32). The third kappa shape index (κ3) is 6.28. The SMILES string of the molecule is O=C(COC(=O)c1ccccc1NC(=O)Cn1cnnn1)NC(=O)Nc1ccc2c(c1)OCCO2. The lowest BCUT2D eigenvalue weighted by Gasteiger charge is -2.19. The lowest BCUT2D eigenvalue weighted by Crippen LogP contribution is -2.37. The highest BCUT2D eigenvalue weighted by Crippen LogP contribution is 2.32. The van der Waals surface area contributed by atoms with Crippen molar-refractivity contribution in [1.82, 2.24) is 25.5 Å². The summed E-state index contributed by atoms with van der Waals surface area (Å²) < 4.78 is 17.0. The number of hydrogen-bond acceptors (Lipinski definition) is 10. The lowest BCUT2D eigenvalue weighted by atomic mass is 10.2. The Bertz CT molecular complexity index is 1250. The van der Waals surface area contributed by atoms with Crippen LogP contribution in [-0.2, 0) is 20.9 Å². The van der Waals surface area contributed by atoms with Crippen LogP contribution in [0.15, 0.2) is 48.8 Å². The molecule has 3 N–H and O–H groups in total. The van der Waals surface area contributed by atoms with Crippen molar-refractivity contribution in [2.45, 2.75) is 6.54 Å². The maximum Gasteiger partial charge on any atom is 0.340 e. The van der Waals surface area contributed by atoms with Gasteiger partial charge in [0.2, 0.25) is 5.91 Å². The monoisotopic (exact) mass is 481 g/mol. The average molecular weight is 481 g/mol. The fraction of sp³-hybridized carbons (Fsp3) is 0.190. The molecule has 35 heavy (non-hydrogen) atoms. The van der Waals surface area contributed by atoms with Gasteiger partial charge in [0.15, 0.2) is 18.1 Å². The van der Waals surface area contributed by atoms with Crippen LogP contribution in [0.1, 0.15) is 10.4 Å². The number of rotatable bonds is 7. The Balaban J connectivity index is 1.27. The first kappa shape index (κ1) is 23.2. The van der Waals surface area contributed by atoms with E-state index in [9.17, 15) is 19.2 Å². The Hall–Kier alpha value is -5.01. The molecule has 0 bridgehead atoms. The maximum atomic E-state index is 12.5. The molecule has 0 atom stereocenters. The van der Waals surface area contributed by atoms with Gasteiger partial charge in [-0.25, -0.2) is 14.3 Å². The summed E-state index contributed by atoms with van der Waals surface area (Å²) in [6.45, 7) is -0.0682. The summed E-state index contributed by atoms with van der Waals surface area (Å²) in [5.74, 6) is -1.18. The van der Waals surface area contributed by atoms with Gasteiger partial charge in [0.05, 0.1) is 11.3 Å². The normalized spacial score (nSPS) is 11.8. The van der Waals surface area contributed by atoms with Gasteiger partial charge in [-0.1, -0.05) is 12.1 Å². The summed E-state index contributed by atoms with van der Waals surface area (Å²) in [6.07, 6.45) is 1.27. The van der Waals surface area contributed by atoms with Gasteiger partial charge in [-0.3, -0.25) is 14.9 Å². The largest absolute Gasteiger partial charge is 0.486 e. The molecule has 1 aliphatic rings. The number of ether oxygens (including phenoxy) is 3. The van der Waals surface area contributed by atoms with E-state index < -0.39 is 30.4 Å². The number of imide groups is 1. The molecule has 0 fully saturated rings. The van der Waals surface area contributed by atoms with E-state index in [1.807, 2.05) is 0 Å². The second-order valence-electron chi connectivity index (χ2n) is 7.04. The molecule has 2 aromatic carbocycles. The van der Waals surface area contributed by atoms with Crippen molar-refractivity contribution in [3.05, 3.63) is 54.4 Å². The highest BCUT2D eigenvalue weighted by atomic mass is 16.6. The van der Waals surface area contributed by atoms with Crippen molar-refractivity contribution >= 4 is 35.2 Å². The van der Waals surface area contributed by atoms with Crippen LogP contribution in [0, 0.1) is 0 Å². The Morgan fingerprint density at radius 1 is 0.971 bits per heavy atom. The zero-order chi connectivity index (χ0) is 24.6. The van der Waals surface area contributed by atoms with Crippen LogP contribution in [0.3, 0.4) is 0 Å². The van der Waals surface area contributed by atoms with Gasteiger partial charge in [-0.2, -0.15) is 0 Å². The minimum atomic E-state index is -0.870. The molecule has 0 unspecified atom stereocenters. The molecule has 1 aromatic heterocycles. The number of aromatic nitrogens is 4. The van der Waals surface area contributed by atoms with E-state index in [2.05, 4.69) is 31.5 Å². The molecular formula is C21H19N7O7. The number of amides is 4. The zero-order valence-corrected chi connectivity index (χ0v) is 18.1. The molecule has 1 aliphatic heterocycles. The third-order valence-corrected chi connectivity index (χ3v) is 4.51. The summed E-state index contributed by atoms with van der Waals surface area (Å²) in [5, 5.41) is 17.5. The van der Waals surface area contributed by atoms with Gasteiger partial charge in [0.25, 0.3) is 5.91 Å². The minimum absolute atomic E-state index is 0.0195. The summed E-state index contributed by atoms with van der Waals surface area (Å²) in [6, 6.07) is 10.0. The number of esters is 1. The van der Waals surface area contributed by atoms with Crippen LogP contribution in [-0.4, -0.2) is 63.8 Å². The van der Waals surface area contributed by atoms with Crippen LogP contribution in [0.25, 0.3) is 0 Å². The number of tetrazole rings is 1. The second-order valence-corrected chi connectivity index (χ2v) is 7.04. The zero-order valence-electron chi connectivity index (χ0n) is 18.1. The number of nitrogens with zero attached hydrogens (tertiary/aromatic N) is 4. The highest BCUT2D eigenvalue weighted by molar-refractivity contribution is 6.04. The van der Waals surface area contributed by atoms with Crippen LogP contribution in [0.4, 0.5) is 16.2 Å². The summed E-state index contributed by atoms with van der Waals surface area (Å²) in [7, 11) is 0. The molecule has 2 heterocycles. The minimum Gasteiger partial charge on any atom is -0.486 e. The van der Waals surface area contributed by atoms with E-state index in [1.54, 1.807) is 30.3 Å². The van der Waals surface area contributed by atoms with E-state index in [1.165, 1.54) is 23.1 Å². The van der Waals surface area contributed by atoms with Gasteiger partial charge >= 0.3 is 12.0 Å². The molecule has 0 radical (unpaired) electrons. The molecular weight excluding hydrogens is 462 g/mol. The Labute approximate surface area is 197 Å². The van der Waals surface area contributed by atoms with E-state index >= 15 is 0 Å². The van der Waals surface area contributed by atoms with E-state index in [0.717, 1.165) is 0 Å². The molecule has 14 nitrogen and oxygen atoms in total. The van der Waals surface area contributed by atoms with Crippen LogP contribution < -0.4 is 25.4 Å². The number of benzene rings is 2. The molecule has 3 aromatic rings. The summed E-state index contributed by atoms with van der Waals surface area (Å²) in [4.78, 5) is 48.8. The summed E-state index contributed by atoms with van der Waals surface area (Å²) >= 11 is 0. The van der Waals surface area contributed by atoms with E-state index in [0.29, 0.717) is 30.4 Å². The van der Waals surface area contributed by atoms with Crippen LogP contribution >= 0.6 is 0 Å². The van der Waals surface area contributed by atoms with Crippen LogP contribution in [0.2, 0.25) is 0 Å². The number of carbonyl (C=O) groups is 4. The summed E-state index contributed by atoms with van der Waals surface area (Å²) in [5.41, 5.74) is 0.571. The fourth-order valence-corrected chi connectivity index (χ4v) is 3.01. The molecule has 14 heteroatoms. The third-order valence-electron chi connectivity index (χ3n) is 4.51.